The smallest absolute Gasteiger partial charge is 0.205 e. The number of nitrogens with one attached hydrogen (secondary N) is 1. The molecule has 1 aromatic heterocycles. The van der Waals surface area contributed by atoms with Crippen LogP contribution in [0.15, 0.2) is 28.2 Å². The lowest BCUT2D eigenvalue weighted by molar-refractivity contribution is 0.410. The van der Waals surface area contributed by atoms with Crippen molar-refractivity contribution in [2.75, 3.05) is 12.4 Å². The third-order valence-electron chi connectivity index (χ3n) is 2.03. The molecule has 0 aliphatic rings. The third-order valence-corrected chi connectivity index (χ3v) is 3.17. The number of ether oxygens (including phenoxy) is 1. The van der Waals surface area contributed by atoms with E-state index in [9.17, 15) is 0 Å². The monoisotopic (exact) mass is 299 g/mol. The number of nitrogens with zero attached hydrogens (tertiary/aromatic N) is 2. The molecule has 0 radical (unpaired) electrons. The Labute approximate surface area is 106 Å². The van der Waals surface area contributed by atoms with Gasteiger partial charge in [-0.05, 0) is 18.2 Å². The van der Waals surface area contributed by atoms with Crippen molar-refractivity contribution >= 4 is 32.4 Å². The second kappa shape index (κ2) is 5.27. The van der Waals surface area contributed by atoms with E-state index in [2.05, 4.69) is 31.4 Å². The summed E-state index contributed by atoms with van der Waals surface area (Å²) in [6.07, 6.45) is 0. The van der Waals surface area contributed by atoms with E-state index in [4.69, 9.17) is 4.74 Å². The van der Waals surface area contributed by atoms with Crippen LogP contribution in [-0.2, 0) is 6.54 Å². The first-order chi connectivity index (χ1) is 7.79. The van der Waals surface area contributed by atoms with E-state index in [0.717, 1.165) is 20.9 Å². The summed E-state index contributed by atoms with van der Waals surface area (Å²) in [5.74, 6) is 0.861. The van der Waals surface area contributed by atoms with E-state index in [1.807, 2.05) is 18.2 Å². The normalized spacial score (nSPS) is 10.1. The molecule has 0 atom stereocenters. The molecule has 1 aromatic carbocycles. The van der Waals surface area contributed by atoms with Crippen molar-refractivity contribution < 1.29 is 4.74 Å². The first kappa shape index (κ1) is 11.3. The molecule has 1 N–H and O–H groups in total. The van der Waals surface area contributed by atoms with Crippen LogP contribution in [0.25, 0.3) is 0 Å². The van der Waals surface area contributed by atoms with Crippen molar-refractivity contribution in [1.29, 1.82) is 0 Å². The van der Waals surface area contributed by atoms with Gasteiger partial charge < -0.3 is 10.1 Å². The molecule has 0 spiro atoms. The lowest BCUT2D eigenvalue weighted by atomic mass is 10.2. The fourth-order valence-electron chi connectivity index (χ4n) is 1.31. The Kier molecular flexibility index (Phi) is 3.74. The number of benzene rings is 1. The standard InChI is InChI=1S/C10H10BrN3OS/c1-15-9-3-2-8(11)4-7(9)5-12-10-14-13-6-16-10/h2-4,6H,5H2,1H3,(H,12,14). The summed E-state index contributed by atoms with van der Waals surface area (Å²) in [7, 11) is 1.66. The minimum absolute atomic E-state index is 0.664. The van der Waals surface area contributed by atoms with Gasteiger partial charge >= 0.3 is 0 Å². The zero-order valence-electron chi connectivity index (χ0n) is 8.61. The van der Waals surface area contributed by atoms with Crippen molar-refractivity contribution in [1.82, 2.24) is 10.2 Å². The molecular weight excluding hydrogens is 290 g/mol. The van der Waals surface area contributed by atoms with Crippen LogP contribution in [0.4, 0.5) is 5.13 Å². The summed E-state index contributed by atoms with van der Waals surface area (Å²) < 4.78 is 6.31. The van der Waals surface area contributed by atoms with E-state index in [0.29, 0.717) is 6.54 Å². The van der Waals surface area contributed by atoms with Crippen molar-refractivity contribution in [3.63, 3.8) is 0 Å². The van der Waals surface area contributed by atoms with Crippen LogP contribution in [-0.4, -0.2) is 17.3 Å². The molecule has 4 nitrogen and oxygen atoms in total. The topological polar surface area (TPSA) is 47.0 Å². The summed E-state index contributed by atoms with van der Waals surface area (Å²) in [4.78, 5) is 0. The van der Waals surface area contributed by atoms with Crippen LogP contribution >= 0.6 is 27.3 Å². The van der Waals surface area contributed by atoms with Crippen molar-refractivity contribution in [2.45, 2.75) is 6.54 Å². The van der Waals surface area contributed by atoms with Crippen LogP contribution < -0.4 is 10.1 Å². The zero-order chi connectivity index (χ0) is 11.4. The third kappa shape index (κ3) is 2.70. The SMILES string of the molecule is COc1ccc(Br)cc1CNc1nncs1. The molecule has 0 saturated heterocycles. The van der Waals surface area contributed by atoms with E-state index in [1.165, 1.54) is 11.3 Å². The molecule has 84 valence electrons. The van der Waals surface area contributed by atoms with Gasteiger partial charge in [-0.25, -0.2) is 0 Å². The first-order valence-electron chi connectivity index (χ1n) is 4.62. The second-order valence-corrected chi connectivity index (χ2v) is 4.80. The lowest BCUT2D eigenvalue weighted by Crippen LogP contribution is -2.01. The van der Waals surface area contributed by atoms with Gasteiger partial charge in [0.2, 0.25) is 5.13 Å². The van der Waals surface area contributed by atoms with Crippen LogP contribution in [0.3, 0.4) is 0 Å². The Balaban J connectivity index is 2.11. The maximum atomic E-state index is 5.28. The van der Waals surface area contributed by atoms with Gasteiger partial charge in [0.15, 0.2) is 0 Å². The highest BCUT2D eigenvalue weighted by Gasteiger charge is 2.04. The predicted molar refractivity (Wildman–Crippen MR) is 67.9 cm³/mol. The largest absolute Gasteiger partial charge is 0.496 e. The Bertz CT molecular complexity index is 461. The average molecular weight is 300 g/mol. The molecule has 2 aromatic rings. The van der Waals surface area contributed by atoms with Crippen molar-refractivity contribution in [3.8, 4) is 5.75 Å². The Morgan fingerprint density at radius 1 is 1.50 bits per heavy atom. The minimum Gasteiger partial charge on any atom is -0.496 e. The van der Waals surface area contributed by atoms with Crippen LogP contribution in [0.2, 0.25) is 0 Å². The average Bonchev–Trinajstić information content (AvgIpc) is 2.79. The molecule has 1 heterocycles. The van der Waals surface area contributed by atoms with Gasteiger partial charge in [-0.1, -0.05) is 27.3 Å². The Morgan fingerprint density at radius 2 is 2.38 bits per heavy atom. The number of hydrogen-bond acceptors (Lipinski definition) is 5. The Hall–Kier alpha value is -1.14. The van der Waals surface area contributed by atoms with Gasteiger partial charge in [-0.2, -0.15) is 0 Å². The minimum atomic E-state index is 0.664. The second-order valence-electron chi connectivity index (χ2n) is 3.05. The van der Waals surface area contributed by atoms with E-state index < -0.39 is 0 Å². The van der Waals surface area contributed by atoms with Gasteiger partial charge in [0.1, 0.15) is 11.3 Å². The van der Waals surface area contributed by atoms with E-state index >= 15 is 0 Å². The van der Waals surface area contributed by atoms with E-state index in [1.54, 1.807) is 12.6 Å². The maximum Gasteiger partial charge on any atom is 0.205 e. The highest BCUT2D eigenvalue weighted by atomic mass is 79.9. The highest BCUT2D eigenvalue weighted by molar-refractivity contribution is 9.10. The highest BCUT2D eigenvalue weighted by Crippen LogP contribution is 2.24. The quantitative estimate of drug-likeness (QED) is 0.943. The van der Waals surface area contributed by atoms with Crippen LogP contribution in [0, 0.1) is 0 Å². The van der Waals surface area contributed by atoms with Gasteiger partial charge in [0.05, 0.1) is 7.11 Å². The summed E-state index contributed by atoms with van der Waals surface area (Å²) in [5.41, 5.74) is 2.77. The van der Waals surface area contributed by atoms with E-state index in [-0.39, 0.29) is 0 Å². The molecule has 0 aliphatic carbocycles. The molecule has 2 rings (SSSR count). The fourth-order valence-corrected chi connectivity index (χ4v) is 2.16. The van der Waals surface area contributed by atoms with Gasteiger partial charge in [-0.3, -0.25) is 0 Å². The lowest BCUT2D eigenvalue weighted by Gasteiger charge is -2.09. The fraction of sp³-hybridized carbons (Fsp3) is 0.200. The van der Waals surface area contributed by atoms with Crippen molar-refractivity contribution in [3.05, 3.63) is 33.7 Å². The predicted octanol–water partition coefficient (Wildman–Crippen LogP) is 2.92. The molecule has 6 heteroatoms. The zero-order valence-corrected chi connectivity index (χ0v) is 11.0. The van der Waals surface area contributed by atoms with Crippen LogP contribution in [0.1, 0.15) is 5.56 Å². The number of halogens is 1. The number of anilines is 1. The number of hydrogen-bond donors (Lipinski definition) is 1. The molecule has 0 amide bonds. The molecule has 0 bridgehead atoms. The Morgan fingerprint density at radius 3 is 3.06 bits per heavy atom. The molecular formula is C10H10BrN3OS. The summed E-state index contributed by atoms with van der Waals surface area (Å²) in [6, 6.07) is 5.90. The number of rotatable bonds is 4. The number of methoxy groups -OCH3 is 1. The number of aromatic nitrogens is 2. The molecule has 0 unspecified atom stereocenters. The summed E-state index contributed by atoms with van der Waals surface area (Å²) >= 11 is 4.91. The molecule has 0 aliphatic heterocycles. The molecule has 16 heavy (non-hydrogen) atoms. The summed E-state index contributed by atoms with van der Waals surface area (Å²) in [6.45, 7) is 0.664. The van der Waals surface area contributed by atoms with Gasteiger partial charge in [-0.15, -0.1) is 10.2 Å². The molecule has 0 fully saturated rings. The maximum absolute atomic E-state index is 5.28. The molecule has 0 saturated carbocycles. The van der Waals surface area contributed by atoms with Crippen molar-refractivity contribution in [2.24, 2.45) is 0 Å². The first-order valence-corrected chi connectivity index (χ1v) is 6.29. The van der Waals surface area contributed by atoms with Gasteiger partial charge in [0, 0.05) is 16.6 Å². The van der Waals surface area contributed by atoms with Crippen LogP contribution in [0.5, 0.6) is 5.75 Å². The summed E-state index contributed by atoms with van der Waals surface area (Å²) in [5, 5.41) is 11.7. The van der Waals surface area contributed by atoms with Gasteiger partial charge in [0.25, 0.3) is 0 Å².